The van der Waals surface area contributed by atoms with Crippen molar-refractivity contribution < 1.29 is 0 Å². The van der Waals surface area contributed by atoms with Crippen molar-refractivity contribution in [3.05, 3.63) is 11.3 Å². The summed E-state index contributed by atoms with van der Waals surface area (Å²) >= 11 is 1.99. The number of piperidine rings is 1. The Kier molecular flexibility index (Phi) is 3.99. The first-order chi connectivity index (χ1) is 8.17. The van der Waals surface area contributed by atoms with E-state index in [1.807, 2.05) is 30.4 Å². The van der Waals surface area contributed by atoms with Gasteiger partial charge in [-0.3, -0.25) is 4.68 Å². The molecule has 0 saturated carbocycles. The van der Waals surface area contributed by atoms with Gasteiger partial charge in [-0.25, -0.2) is 0 Å². The maximum Gasteiger partial charge on any atom is 0.131 e. The molecule has 0 aliphatic carbocycles. The Balaban J connectivity index is 2.18. The van der Waals surface area contributed by atoms with E-state index in [0.717, 1.165) is 24.0 Å². The average Bonchev–Trinajstić information content (AvgIpc) is 2.63. The standard InChI is InChI=1S/C12H22N4S/c1-9-11(8-13)12(15(2)14-9)16-6-4-10(17-3)5-7-16/h10H,4-8,13H2,1-3H3. The molecule has 0 bridgehead atoms. The molecule has 0 atom stereocenters. The fourth-order valence-electron chi connectivity index (χ4n) is 2.63. The Bertz CT molecular complexity index is 380. The summed E-state index contributed by atoms with van der Waals surface area (Å²) in [5.41, 5.74) is 8.11. The van der Waals surface area contributed by atoms with Gasteiger partial charge in [0.15, 0.2) is 0 Å². The fourth-order valence-corrected chi connectivity index (χ4v) is 3.31. The van der Waals surface area contributed by atoms with E-state index in [1.54, 1.807) is 0 Å². The largest absolute Gasteiger partial charge is 0.356 e. The van der Waals surface area contributed by atoms with Crippen molar-refractivity contribution in [2.75, 3.05) is 24.2 Å². The summed E-state index contributed by atoms with van der Waals surface area (Å²) in [5, 5.41) is 5.31. The summed E-state index contributed by atoms with van der Waals surface area (Å²) in [7, 11) is 2.02. The van der Waals surface area contributed by atoms with Crippen molar-refractivity contribution in [3.8, 4) is 0 Å². The lowest BCUT2D eigenvalue weighted by Gasteiger charge is -2.33. The van der Waals surface area contributed by atoms with Crippen LogP contribution in [0.25, 0.3) is 0 Å². The number of aryl methyl sites for hydroxylation is 2. The topological polar surface area (TPSA) is 47.1 Å². The highest BCUT2D eigenvalue weighted by molar-refractivity contribution is 7.99. The van der Waals surface area contributed by atoms with Gasteiger partial charge >= 0.3 is 0 Å². The zero-order chi connectivity index (χ0) is 12.4. The molecule has 1 saturated heterocycles. The molecule has 17 heavy (non-hydrogen) atoms. The summed E-state index contributed by atoms with van der Waals surface area (Å²) in [6.45, 7) is 4.87. The summed E-state index contributed by atoms with van der Waals surface area (Å²) < 4.78 is 1.98. The van der Waals surface area contributed by atoms with E-state index >= 15 is 0 Å². The maximum absolute atomic E-state index is 5.84. The van der Waals surface area contributed by atoms with E-state index in [-0.39, 0.29) is 0 Å². The molecule has 1 aliphatic heterocycles. The van der Waals surface area contributed by atoms with Gasteiger partial charge < -0.3 is 10.6 Å². The molecule has 1 fully saturated rings. The van der Waals surface area contributed by atoms with Gasteiger partial charge in [-0.05, 0) is 26.0 Å². The molecule has 5 heteroatoms. The third-order valence-corrected chi connectivity index (χ3v) is 4.73. The molecular weight excluding hydrogens is 232 g/mol. The van der Waals surface area contributed by atoms with Gasteiger partial charge in [-0.1, -0.05) is 0 Å². The predicted octanol–water partition coefficient (Wildman–Crippen LogP) is 1.52. The monoisotopic (exact) mass is 254 g/mol. The molecule has 1 aliphatic rings. The SMILES string of the molecule is CSC1CCN(c2c(CN)c(C)nn2C)CC1. The minimum atomic E-state index is 0.581. The Morgan fingerprint density at radius 1 is 1.41 bits per heavy atom. The lowest BCUT2D eigenvalue weighted by Crippen LogP contribution is -2.36. The van der Waals surface area contributed by atoms with E-state index in [1.165, 1.54) is 24.2 Å². The summed E-state index contributed by atoms with van der Waals surface area (Å²) in [6.07, 6.45) is 4.73. The summed E-state index contributed by atoms with van der Waals surface area (Å²) in [5.74, 6) is 1.23. The Hall–Kier alpha value is -0.680. The van der Waals surface area contributed by atoms with Crippen molar-refractivity contribution >= 4 is 17.6 Å². The summed E-state index contributed by atoms with van der Waals surface area (Å²) in [4.78, 5) is 2.44. The van der Waals surface area contributed by atoms with E-state index in [0.29, 0.717) is 6.54 Å². The van der Waals surface area contributed by atoms with E-state index in [9.17, 15) is 0 Å². The smallest absolute Gasteiger partial charge is 0.131 e. The molecule has 2 heterocycles. The zero-order valence-corrected chi connectivity index (χ0v) is 11.8. The average molecular weight is 254 g/mol. The molecule has 0 unspecified atom stereocenters. The number of hydrogen-bond acceptors (Lipinski definition) is 4. The van der Waals surface area contributed by atoms with Gasteiger partial charge in [0.2, 0.25) is 0 Å². The molecular formula is C12H22N4S. The second kappa shape index (κ2) is 5.31. The molecule has 0 aromatic carbocycles. The molecule has 1 aromatic heterocycles. The van der Waals surface area contributed by atoms with Gasteiger partial charge in [-0.15, -0.1) is 0 Å². The van der Waals surface area contributed by atoms with Crippen LogP contribution in [0.5, 0.6) is 0 Å². The van der Waals surface area contributed by atoms with Gasteiger partial charge in [0.05, 0.1) is 5.69 Å². The Labute approximate surface area is 108 Å². The molecule has 1 aromatic rings. The van der Waals surface area contributed by atoms with E-state index in [2.05, 4.69) is 16.3 Å². The van der Waals surface area contributed by atoms with Crippen LogP contribution in [-0.4, -0.2) is 34.4 Å². The van der Waals surface area contributed by atoms with Gasteiger partial charge in [-0.2, -0.15) is 16.9 Å². The highest BCUT2D eigenvalue weighted by Crippen LogP contribution is 2.28. The quantitative estimate of drug-likeness (QED) is 0.888. The zero-order valence-electron chi connectivity index (χ0n) is 10.9. The number of anilines is 1. The van der Waals surface area contributed by atoms with Crippen LogP contribution >= 0.6 is 11.8 Å². The number of nitrogens with two attached hydrogens (primary N) is 1. The van der Waals surface area contributed by atoms with Crippen LogP contribution in [0.2, 0.25) is 0 Å². The van der Waals surface area contributed by atoms with E-state index in [4.69, 9.17) is 5.73 Å². The van der Waals surface area contributed by atoms with Crippen LogP contribution in [0.4, 0.5) is 5.82 Å². The fraction of sp³-hybridized carbons (Fsp3) is 0.750. The lowest BCUT2D eigenvalue weighted by molar-refractivity contribution is 0.571. The molecule has 0 amide bonds. The molecule has 0 radical (unpaired) electrons. The molecule has 2 N–H and O–H groups in total. The van der Waals surface area contributed by atoms with Crippen LogP contribution in [0.1, 0.15) is 24.1 Å². The Morgan fingerprint density at radius 2 is 2.06 bits per heavy atom. The maximum atomic E-state index is 5.84. The highest BCUT2D eigenvalue weighted by atomic mass is 32.2. The lowest BCUT2D eigenvalue weighted by atomic mass is 10.1. The minimum Gasteiger partial charge on any atom is -0.356 e. The van der Waals surface area contributed by atoms with E-state index < -0.39 is 0 Å². The van der Waals surface area contributed by atoms with Gasteiger partial charge in [0, 0.05) is 37.5 Å². The number of nitrogens with zero attached hydrogens (tertiary/aromatic N) is 3. The van der Waals surface area contributed by atoms with Crippen LogP contribution in [0.15, 0.2) is 0 Å². The molecule has 0 spiro atoms. The number of rotatable bonds is 3. The molecule has 96 valence electrons. The predicted molar refractivity (Wildman–Crippen MR) is 74.6 cm³/mol. The minimum absolute atomic E-state index is 0.581. The van der Waals surface area contributed by atoms with Crippen LogP contribution in [0, 0.1) is 6.92 Å². The summed E-state index contributed by atoms with van der Waals surface area (Å²) in [6, 6.07) is 0. The Morgan fingerprint density at radius 3 is 2.59 bits per heavy atom. The number of thioether (sulfide) groups is 1. The highest BCUT2D eigenvalue weighted by Gasteiger charge is 2.23. The number of aromatic nitrogens is 2. The van der Waals surface area contributed by atoms with Gasteiger partial charge in [0.1, 0.15) is 5.82 Å². The van der Waals surface area contributed by atoms with Crippen LogP contribution in [0.3, 0.4) is 0 Å². The van der Waals surface area contributed by atoms with Crippen LogP contribution < -0.4 is 10.6 Å². The molecule has 2 rings (SSSR count). The normalized spacial score (nSPS) is 17.8. The van der Waals surface area contributed by atoms with Crippen molar-refractivity contribution in [2.24, 2.45) is 12.8 Å². The first kappa shape index (κ1) is 12.8. The van der Waals surface area contributed by atoms with Gasteiger partial charge in [0.25, 0.3) is 0 Å². The van der Waals surface area contributed by atoms with Crippen molar-refractivity contribution in [3.63, 3.8) is 0 Å². The second-order valence-electron chi connectivity index (χ2n) is 4.64. The third kappa shape index (κ3) is 2.45. The van der Waals surface area contributed by atoms with Crippen molar-refractivity contribution in [1.82, 2.24) is 9.78 Å². The van der Waals surface area contributed by atoms with Crippen molar-refractivity contribution in [2.45, 2.75) is 31.6 Å². The molecule has 4 nitrogen and oxygen atoms in total. The number of hydrogen-bond donors (Lipinski definition) is 1. The third-order valence-electron chi connectivity index (χ3n) is 3.59. The first-order valence-corrected chi connectivity index (χ1v) is 7.46. The van der Waals surface area contributed by atoms with Crippen molar-refractivity contribution in [1.29, 1.82) is 0 Å². The van der Waals surface area contributed by atoms with Crippen LogP contribution in [-0.2, 0) is 13.6 Å². The second-order valence-corrected chi connectivity index (χ2v) is 5.78. The first-order valence-electron chi connectivity index (χ1n) is 6.17.